The fraction of sp³-hybridized carbons (Fsp3) is 0.143. The molecule has 1 aromatic heterocycles. The highest BCUT2D eigenvalue weighted by Gasteiger charge is 2.10. The van der Waals surface area contributed by atoms with Gasteiger partial charge < -0.3 is 9.52 Å². The van der Waals surface area contributed by atoms with Crippen LogP contribution in [0.4, 0.5) is 0 Å². The highest BCUT2D eigenvalue weighted by atomic mass is 16.4. The molecule has 0 aliphatic rings. The van der Waals surface area contributed by atoms with E-state index in [4.69, 9.17) is 5.11 Å². The number of furan rings is 1. The van der Waals surface area contributed by atoms with Crippen LogP contribution in [-0.2, 0) is 0 Å². The minimum absolute atomic E-state index is 0.0717. The standard InChI is InChI=1S/C7H6O4/c1-4(8)5-2-3-6(11-5)7(9)10/h2-3H,1H3,(H,9,10). The largest absolute Gasteiger partial charge is 0.475 e. The van der Waals surface area contributed by atoms with Crippen molar-refractivity contribution < 1.29 is 19.1 Å². The molecule has 4 nitrogen and oxygen atoms in total. The van der Waals surface area contributed by atoms with Crippen molar-refractivity contribution >= 4 is 11.8 Å². The Hall–Kier alpha value is -1.58. The molecule has 1 heterocycles. The van der Waals surface area contributed by atoms with Crippen LogP contribution < -0.4 is 0 Å². The van der Waals surface area contributed by atoms with E-state index in [0.717, 1.165) is 0 Å². The molecular formula is C7H6O4. The Morgan fingerprint density at radius 3 is 2.18 bits per heavy atom. The summed E-state index contributed by atoms with van der Waals surface area (Å²) < 4.78 is 4.66. The van der Waals surface area contributed by atoms with Crippen LogP contribution in [0.25, 0.3) is 0 Å². The van der Waals surface area contributed by atoms with Crippen molar-refractivity contribution in [2.75, 3.05) is 0 Å². The molecule has 0 unspecified atom stereocenters. The lowest BCUT2D eigenvalue weighted by Gasteiger charge is -1.85. The molecule has 11 heavy (non-hydrogen) atoms. The fourth-order valence-electron chi connectivity index (χ4n) is 0.642. The van der Waals surface area contributed by atoms with Crippen LogP contribution in [0.15, 0.2) is 16.5 Å². The molecule has 0 amide bonds. The van der Waals surface area contributed by atoms with Crippen molar-refractivity contribution in [2.24, 2.45) is 0 Å². The Morgan fingerprint density at radius 1 is 1.36 bits per heavy atom. The zero-order valence-electron chi connectivity index (χ0n) is 5.83. The lowest BCUT2D eigenvalue weighted by molar-refractivity contribution is 0.0660. The van der Waals surface area contributed by atoms with Crippen molar-refractivity contribution in [3.8, 4) is 0 Å². The van der Waals surface area contributed by atoms with E-state index < -0.39 is 5.97 Å². The van der Waals surface area contributed by atoms with Gasteiger partial charge >= 0.3 is 5.97 Å². The summed E-state index contributed by atoms with van der Waals surface area (Å²) in [6.07, 6.45) is 0. The van der Waals surface area contributed by atoms with Gasteiger partial charge in [0.1, 0.15) is 0 Å². The number of carbonyl (C=O) groups excluding carboxylic acids is 1. The van der Waals surface area contributed by atoms with Crippen molar-refractivity contribution in [3.05, 3.63) is 23.7 Å². The van der Waals surface area contributed by atoms with E-state index in [-0.39, 0.29) is 17.3 Å². The molecule has 0 bridgehead atoms. The Bertz CT molecular complexity index is 269. The van der Waals surface area contributed by atoms with Crippen LogP contribution in [-0.4, -0.2) is 16.9 Å². The van der Waals surface area contributed by atoms with Gasteiger partial charge in [-0.2, -0.15) is 0 Å². The van der Waals surface area contributed by atoms with Gasteiger partial charge in [0.2, 0.25) is 5.76 Å². The first-order valence-corrected chi connectivity index (χ1v) is 2.95. The lowest BCUT2D eigenvalue weighted by Crippen LogP contribution is -1.93. The van der Waals surface area contributed by atoms with Crippen LogP contribution in [0.3, 0.4) is 0 Å². The molecule has 1 aromatic rings. The molecule has 4 heteroatoms. The average Bonchev–Trinajstić information content (AvgIpc) is 2.33. The maximum atomic E-state index is 10.6. The first kappa shape index (κ1) is 7.53. The number of hydrogen-bond donors (Lipinski definition) is 1. The van der Waals surface area contributed by atoms with Crippen molar-refractivity contribution in [1.82, 2.24) is 0 Å². The molecule has 0 aliphatic carbocycles. The number of rotatable bonds is 2. The van der Waals surface area contributed by atoms with Gasteiger partial charge in [0.25, 0.3) is 0 Å². The fourth-order valence-corrected chi connectivity index (χ4v) is 0.642. The van der Waals surface area contributed by atoms with Gasteiger partial charge in [-0.15, -0.1) is 0 Å². The smallest absolute Gasteiger partial charge is 0.371 e. The van der Waals surface area contributed by atoms with E-state index in [1.165, 1.54) is 19.1 Å². The maximum Gasteiger partial charge on any atom is 0.371 e. The Balaban J connectivity index is 2.99. The van der Waals surface area contributed by atoms with Crippen molar-refractivity contribution in [3.63, 3.8) is 0 Å². The maximum absolute atomic E-state index is 10.6. The van der Waals surface area contributed by atoms with Gasteiger partial charge in [0.15, 0.2) is 11.5 Å². The molecule has 0 aliphatic heterocycles. The van der Waals surface area contributed by atoms with E-state index in [2.05, 4.69) is 4.42 Å². The SMILES string of the molecule is CC(=O)c1ccc(C(=O)O)o1. The van der Waals surface area contributed by atoms with Crippen molar-refractivity contribution in [1.29, 1.82) is 0 Å². The topological polar surface area (TPSA) is 67.5 Å². The molecule has 1 rings (SSSR count). The molecule has 0 fully saturated rings. The number of carboxylic acids is 1. The molecule has 0 spiro atoms. The number of carboxylic acid groups (broad SMARTS) is 1. The number of hydrogen-bond acceptors (Lipinski definition) is 3. The third-order valence-corrected chi connectivity index (χ3v) is 1.16. The summed E-state index contributed by atoms with van der Waals surface area (Å²) in [4.78, 5) is 20.8. The van der Waals surface area contributed by atoms with E-state index in [0.29, 0.717) is 0 Å². The summed E-state index contributed by atoms with van der Waals surface area (Å²) in [5.41, 5.74) is 0. The van der Waals surface area contributed by atoms with Crippen LogP contribution >= 0.6 is 0 Å². The van der Waals surface area contributed by atoms with Crippen LogP contribution in [0.5, 0.6) is 0 Å². The molecule has 58 valence electrons. The predicted molar refractivity (Wildman–Crippen MR) is 35.7 cm³/mol. The van der Waals surface area contributed by atoms with Gasteiger partial charge in [-0.3, -0.25) is 4.79 Å². The molecule has 0 saturated carbocycles. The van der Waals surface area contributed by atoms with Crippen LogP contribution in [0.2, 0.25) is 0 Å². The number of aromatic carboxylic acids is 1. The molecule has 0 radical (unpaired) electrons. The van der Waals surface area contributed by atoms with E-state index in [1.807, 2.05) is 0 Å². The van der Waals surface area contributed by atoms with Gasteiger partial charge in [0, 0.05) is 6.92 Å². The lowest BCUT2D eigenvalue weighted by atomic mass is 10.3. The third kappa shape index (κ3) is 1.46. The quantitative estimate of drug-likeness (QED) is 0.649. The van der Waals surface area contributed by atoms with Crippen molar-refractivity contribution in [2.45, 2.75) is 6.92 Å². The Morgan fingerprint density at radius 2 is 1.91 bits per heavy atom. The van der Waals surface area contributed by atoms with E-state index >= 15 is 0 Å². The molecule has 1 N–H and O–H groups in total. The van der Waals surface area contributed by atoms with Gasteiger partial charge in [-0.25, -0.2) is 4.79 Å². The summed E-state index contributed by atoms with van der Waals surface area (Å²) in [6.45, 7) is 1.31. The summed E-state index contributed by atoms with van der Waals surface area (Å²) in [6, 6.07) is 2.59. The second-order valence-corrected chi connectivity index (χ2v) is 2.03. The normalized spacial score (nSPS) is 9.55. The third-order valence-electron chi connectivity index (χ3n) is 1.16. The molecule has 0 aromatic carbocycles. The van der Waals surface area contributed by atoms with Gasteiger partial charge in [0.05, 0.1) is 0 Å². The zero-order chi connectivity index (χ0) is 8.43. The van der Waals surface area contributed by atoms with E-state index in [9.17, 15) is 9.59 Å². The first-order valence-electron chi connectivity index (χ1n) is 2.95. The first-order chi connectivity index (χ1) is 5.11. The highest BCUT2D eigenvalue weighted by molar-refractivity contribution is 5.93. The average molecular weight is 154 g/mol. The minimum atomic E-state index is -1.17. The Labute approximate surface area is 62.4 Å². The predicted octanol–water partition coefficient (Wildman–Crippen LogP) is 1.18. The second kappa shape index (κ2) is 2.57. The molecule has 0 atom stereocenters. The summed E-state index contributed by atoms with van der Waals surface area (Å²) in [5.74, 6) is -1.59. The zero-order valence-corrected chi connectivity index (χ0v) is 5.83. The van der Waals surface area contributed by atoms with Crippen LogP contribution in [0, 0.1) is 0 Å². The van der Waals surface area contributed by atoms with Crippen LogP contribution in [0.1, 0.15) is 28.0 Å². The minimum Gasteiger partial charge on any atom is -0.475 e. The monoisotopic (exact) mass is 154 g/mol. The Kier molecular flexibility index (Phi) is 1.76. The highest BCUT2D eigenvalue weighted by Crippen LogP contribution is 2.07. The van der Waals surface area contributed by atoms with Gasteiger partial charge in [-0.05, 0) is 12.1 Å². The molecule has 0 saturated heterocycles. The van der Waals surface area contributed by atoms with E-state index in [1.54, 1.807) is 0 Å². The summed E-state index contributed by atoms with van der Waals surface area (Å²) in [7, 11) is 0. The molecular weight excluding hydrogens is 148 g/mol. The number of carbonyl (C=O) groups is 2. The summed E-state index contributed by atoms with van der Waals surface area (Å²) in [5, 5.41) is 8.37. The summed E-state index contributed by atoms with van der Waals surface area (Å²) >= 11 is 0. The second-order valence-electron chi connectivity index (χ2n) is 2.03. The number of Topliss-reactive ketones (excluding diaryl/α,β-unsaturated/α-hetero) is 1. The van der Waals surface area contributed by atoms with Gasteiger partial charge in [-0.1, -0.05) is 0 Å². The number of ketones is 1.